The number of nitrogens with two attached hydrogens (primary N) is 1. The molecular weight excluding hydrogens is 268 g/mol. The number of likely N-dealkylation sites (tertiary alicyclic amines) is 1. The molecule has 0 aliphatic carbocycles. The Morgan fingerprint density at radius 1 is 0.773 bits per heavy atom. The average molecular weight is 294 g/mol. The van der Waals surface area contributed by atoms with Gasteiger partial charge >= 0.3 is 0 Å². The molecule has 0 aromatic heterocycles. The van der Waals surface area contributed by atoms with Crippen molar-refractivity contribution in [3.05, 3.63) is 71.8 Å². The Labute approximate surface area is 134 Å². The number of piperidine rings is 1. The molecule has 0 unspecified atom stereocenters. The summed E-state index contributed by atoms with van der Waals surface area (Å²) in [6, 6.07) is 21.5. The maximum atomic E-state index is 6.67. The predicted molar refractivity (Wildman–Crippen MR) is 93.0 cm³/mol. The van der Waals surface area contributed by atoms with Gasteiger partial charge in [0.1, 0.15) is 0 Å². The van der Waals surface area contributed by atoms with Crippen molar-refractivity contribution < 1.29 is 0 Å². The Morgan fingerprint density at radius 3 is 1.77 bits per heavy atom. The standard InChI is InChI=1S/C20H26N2/c21-19(16-22-14-8-3-9-15-22)20(17-10-4-1-5-11-17)18-12-6-2-7-13-18/h1-2,4-7,10-13,19-20H,3,8-9,14-16,21H2/t19-/m0/s1. The highest BCUT2D eigenvalue weighted by Crippen LogP contribution is 2.28. The molecule has 2 heteroatoms. The monoisotopic (exact) mass is 294 g/mol. The lowest BCUT2D eigenvalue weighted by Gasteiger charge is -2.33. The Morgan fingerprint density at radius 2 is 1.27 bits per heavy atom. The summed E-state index contributed by atoms with van der Waals surface area (Å²) in [5, 5.41) is 0. The molecule has 0 spiro atoms. The Bertz CT molecular complexity index is 507. The summed E-state index contributed by atoms with van der Waals surface area (Å²) in [5.41, 5.74) is 9.31. The van der Waals surface area contributed by atoms with Crippen molar-refractivity contribution in [2.24, 2.45) is 5.73 Å². The van der Waals surface area contributed by atoms with E-state index in [-0.39, 0.29) is 12.0 Å². The number of nitrogens with zero attached hydrogens (tertiary/aromatic N) is 1. The van der Waals surface area contributed by atoms with Crippen LogP contribution in [0, 0.1) is 0 Å². The van der Waals surface area contributed by atoms with Gasteiger partial charge in [-0.2, -0.15) is 0 Å². The number of benzene rings is 2. The highest BCUT2D eigenvalue weighted by atomic mass is 15.1. The zero-order valence-corrected chi connectivity index (χ0v) is 13.2. The van der Waals surface area contributed by atoms with E-state index in [0.717, 1.165) is 6.54 Å². The maximum Gasteiger partial charge on any atom is 0.0278 e. The van der Waals surface area contributed by atoms with Crippen LogP contribution in [0.25, 0.3) is 0 Å². The Kier molecular flexibility index (Phi) is 5.25. The van der Waals surface area contributed by atoms with Gasteiger partial charge in [-0.05, 0) is 37.1 Å². The minimum absolute atomic E-state index is 0.128. The van der Waals surface area contributed by atoms with Gasteiger partial charge in [0.15, 0.2) is 0 Å². The van der Waals surface area contributed by atoms with Crippen molar-refractivity contribution in [3.63, 3.8) is 0 Å². The molecule has 0 saturated carbocycles. The van der Waals surface area contributed by atoms with Crippen molar-refractivity contribution >= 4 is 0 Å². The van der Waals surface area contributed by atoms with E-state index in [2.05, 4.69) is 65.6 Å². The van der Waals surface area contributed by atoms with Crippen LogP contribution in [-0.4, -0.2) is 30.6 Å². The van der Waals surface area contributed by atoms with Gasteiger partial charge in [0, 0.05) is 18.5 Å². The summed E-state index contributed by atoms with van der Waals surface area (Å²) >= 11 is 0. The van der Waals surface area contributed by atoms with Crippen LogP contribution < -0.4 is 5.73 Å². The van der Waals surface area contributed by atoms with E-state index in [1.54, 1.807) is 0 Å². The minimum Gasteiger partial charge on any atom is -0.326 e. The van der Waals surface area contributed by atoms with Crippen molar-refractivity contribution in [3.8, 4) is 0 Å². The van der Waals surface area contributed by atoms with Crippen molar-refractivity contribution in [1.29, 1.82) is 0 Å². The molecule has 0 radical (unpaired) electrons. The lowest BCUT2D eigenvalue weighted by atomic mass is 9.85. The van der Waals surface area contributed by atoms with E-state index in [0.29, 0.717) is 0 Å². The van der Waals surface area contributed by atoms with Gasteiger partial charge in [0.25, 0.3) is 0 Å². The van der Waals surface area contributed by atoms with Gasteiger partial charge in [-0.3, -0.25) is 0 Å². The largest absolute Gasteiger partial charge is 0.326 e. The van der Waals surface area contributed by atoms with Crippen molar-refractivity contribution in [1.82, 2.24) is 4.90 Å². The second kappa shape index (κ2) is 7.57. The third-order valence-electron chi connectivity index (χ3n) is 4.66. The lowest BCUT2D eigenvalue weighted by molar-refractivity contribution is 0.211. The van der Waals surface area contributed by atoms with Gasteiger partial charge < -0.3 is 10.6 Å². The van der Waals surface area contributed by atoms with Crippen LogP contribution >= 0.6 is 0 Å². The molecule has 2 aromatic rings. The van der Waals surface area contributed by atoms with Gasteiger partial charge in [-0.25, -0.2) is 0 Å². The molecule has 1 saturated heterocycles. The highest BCUT2D eigenvalue weighted by molar-refractivity contribution is 5.34. The minimum atomic E-state index is 0.128. The number of rotatable bonds is 5. The fourth-order valence-electron chi connectivity index (χ4n) is 3.55. The smallest absolute Gasteiger partial charge is 0.0278 e. The summed E-state index contributed by atoms with van der Waals surface area (Å²) in [6.45, 7) is 3.38. The van der Waals surface area contributed by atoms with E-state index < -0.39 is 0 Å². The van der Waals surface area contributed by atoms with E-state index >= 15 is 0 Å². The predicted octanol–water partition coefficient (Wildman–Crippen LogP) is 3.63. The second-order valence-corrected chi connectivity index (χ2v) is 6.32. The highest BCUT2D eigenvalue weighted by Gasteiger charge is 2.24. The van der Waals surface area contributed by atoms with Crippen LogP contribution in [0.15, 0.2) is 60.7 Å². The molecule has 1 fully saturated rings. The first kappa shape index (κ1) is 15.3. The van der Waals surface area contributed by atoms with E-state index in [9.17, 15) is 0 Å². The molecule has 2 nitrogen and oxygen atoms in total. The SMILES string of the molecule is N[C@@H](CN1CCCCC1)C(c1ccccc1)c1ccccc1. The maximum absolute atomic E-state index is 6.67. The van der Waals surface area contributed by atoms with Gasteiger partial charge in [-0.1, -0.05) is 67.1 Å². The molecule has 2 aromatic carbocycles. The van der Waals surface area contributed by atoms with Crippen LogP contribution in [0.3, 0.4) is 0 Å². The zero-order chi connectivity index (χ0) is 15.2. The first-order chi connectivity index (χ1) is 10.8. The van der Waals surface area contributed by atoms with Crippen LogP contribution in [0.5, 0.6) is 0 Å². The summed E-state index contributed by atoms with van der Waals surface area (Å²) in [5.74, 6) is 0.268. The van der Waals surface area contributed by atoms with E-state index in [4.69, 9.17) is 5.73 Å². The number of hydrogen-bond acceptors (Lipinski definition) is 2. The molecule has 0 bridgehead atoms. The molecular formula is C20H26N2. The summed E-state index contributed by atoms with van der Waals surface area (Å²) in [4.78, 5) is 2.53. The summed E-state index contributed by atoms with van der Waals surface area (Å²) in [6.07, 6.45) is 3.99. The zero-order valence-electron chi connectivity index (χ0n) is 13.2. The molecule has 2 N–H and O–H groups in total. The van der Waals surface area contributed by atoms with Gasteiger partial charge in [0.05, 0.1) is 0 Å². The van der Waals surface area contributed by atoms with Crippen LogP contribution in [0.2, 0.25) is 0 Å². The van der Waals surface area contributed by atoms with Crippen LogP contribution in [0.4, 0.5) is 0 Å². The molecule has 0 amide bonds. The molecule has 1 aliphatic rings. The topological polar surface area (TPSA) is 29.3 Å². The van der Waals surface area contributed by atoms with Crippen molar-refractivity contribution in [2.45, 2.75) is 31.2 Å². The van der Waals surface area contributed by atoms with E-state index in [1.165, 1.54) is 43.5 Å². The first-order valence-corrected chi connectivity index (χ1v) is 8.42. The fourth-order valence-corrected chi connectivity index (χ4v) is 3.55. The number of hydrogen-bond donors (Lipinski definition) is 1. The second-order valence-electron chi connectivity index (χ2n) is 6.32. The quantitative estimate of drug-likeness (QED) is 0.912. The van der Waals surface area contributed by atoms with Crippen molar-refractivity contribution in [2.75, 3.05) is 19.6 Å². The fraction of sp³-hybridized carbons (Fsp3) is 0.400. The van der Waals surface area contributed by atoms with Crippen LogP contribution in [-0.2, 0) is 0 Å². The average Bonchev–Trinajstić information content (AvgIpc) is 2.58. The summed E-state index contributed by atoms with van der Waals surface area (Å²) < 4.78 is 0. The molecule has 1 heterocycles. The first-order valence-electron chi connectivity index (χ1n) is 8.42. The molecule has 22 heavy (non-hydrogen) atoms. The third-order valence-corrected chi connectivity index (χ3v) is 4.66. The van der Waals surface area contributed by atoms with Crippen LogP contribution in [0.1, 0.15) is 36.3 Å². The summed E-state index contributed by atoms with van der Waals surface area (Å²) in [7, 11) is 0. The van der Waals surface area contributed by atoms with E-state index in [1.807, 2.05) is 0 Å². The normalized spacial score (nSPS) is 17.5. The molecule has 3 rings (SSSR count). The molecule has 116 valence electrons. The lowest BCUT2D eigenvalue weighted by Crippen LogP contribution is -2.43. The Balaban J connectivity index is 1.81. The Hall–Kier alpha value is -1.64. The van der Waals surface area contributed by atoms with Gasteiger partial charge in [-0.15, -0.1) is 0 Å². The molecule has 1 aliphatic heterocycles. The third kappa shape index (κ3) is 3.76. The molecule has 1 atom stereocenters. The van der Waals surface area contributed by atoms with Gasteiger partial charge in [0.2, 0.25) is 0 Å².